The average molecular weight is 218 g/mol. The zero-order chi connectivity index (χ0) is 11.5. The highest BCUT2D eigenvalue weighted by atomic mass is 19.1. The highest BCUT2D eigenvalue weighted by molar-refractivity contribution is 5.67. The number of halogens is 1. The van der Waals surface area contributed by atoms with E-state index in [9.17, 15) is 9.50 Å². The van der Waals surface area contributed by atoms with Crippen LogP contribution in [0.4, 0.5) is 4.39 Å². The maximum absolute atomic E-state index is 13.0. The standard InChI is InChI=1S/C13H11FO2/c1-16-13-8-10(5-6-12(13)15)9-3-2-4-11(14)7-9/h2-8,15H,1H3. The first-order valence-corrected chi connectivity index (χ1v) is 4.83. The van der Waals surface area contributed by atoms with E-state index in [2.05, 4.69) is 0 Å². The van der Waals surface area contributed by atoms with Gasteiger partial charge in [-0.1, -0.05) is 18.2 Å². The van der Waals surface area contributed by atoms with Crippen molar-refractivity contribution < 1.29 is 14.2 Å². The fraction of sp³-hybridized carbons (Fsp3) is 0.0769. The van der Waals surface area contributed by atoms with Crippen molar-refractivity contribution in [2.24, 2.45) is 0 Å². The Morgan fingerprint density at radius 1 is 1.06 bits per heavy atom. The van der Waals surface area contributed by atoms with E-state index in [4.69, 9.17) is 4.74 Å². The fourth-order valence-electron chi connectivity index (χ4n) is 1.53. The smallest absolute Gasteiger partial charge is 0.161 e. The lowest BCUT2D eigenvalue weighted by atomic mass is 10.1. The lowest BCUT2D eigenvalue weighted by molar-refractivity contribution is 0.373. The summed E-state index contributed by atoms with van der Waals surface area (Å²) >= 11 is 0. The topological polar surface area (TPSA) is 29.5 Å². The Hall–Kier alpha value is -2.03. The molecule has 0 amide bonds. The van der Waals surface area contributed by atoms with E-state index >= 15 is 0 Å². The van der Waals surface area contributed by atoms with E-state index in [0.29, 0.717) is 5.75 Å². The summed E-state index contributed by atoms with van der Waals surface area (Å²) in [5.41, 5.74) is 1.55. The first kappa shape index (κ1) is 10.5. The third kappa shape index (κ3) is 1.98. The van der Waals surface area contributed by atoms with Crippen molar-refractivity contribution >= 4 is 0 Å². The van der Waals surface area contributed by atoms with Gasteiger partial charge in [-0.2, -0.15) is 0 Å². The molecule has 0 saturated carbocycles. The molecule has 82 valence electrons. The molecule has 0 unspecified atom stereocenters. The molecule has 0 fully saturated rings. The summed E-state index contributed by atoms with van der Waals surface area (Å²) in [6.45, 7) is 0. The minimum absolute atomic E-state index is 0.0719. The van der Waals surface area contributed by atoms with Gasteiger partial charge in [-0.15, -0.1) is 0 Å². The molecule has 0 aliphatic carbocycles. The first-order valence-electron chi connectivity index (χ1n) is 4.83. The zero-order valence-electron chi connectivity index (χ0n) is 8.77. The van der Waals surface area contributed by atoms with Gasteiger partial charge in [0.15, 0.2) is 11.5 Å². The van der Waals surface area contributed by atoms with Crippen molar-refractivity contribution in [3.8, 4) is 22.6 Å². The molecule has 1 N–H and O–H groups in total. The van der Waals surface area contributed by atoms with Crippen LogP contribution < -0.4 is 4.74 Å². The number of phenols is 1. The number of rotatable bonds is 2. The minimum Gasteiger partial charge on any atom is -0.504 e. The zero-order valence-corrected chi connectivity index (χ0v) is 8.77. The van der Waals surface area contributed by atoms with Gasteiger partial charge in [0.1, 0.15) is 5.82 Å². The van der Waals surface area contributed by atoms with Gasteiger partial charge in [-0.3, -0.25) is 0 Å². The second-order valence-electron chi connectivity index (χ2n) is 3.40. The Labute approximate surface area is 92.9 Å². The molecule has 0 atom stereocenters. The van der Waals surface area contributed by atoms with E-state index in [1.54, 1.807) is 24.3 Å². The molecule has 2 rings (SSSR count). The molecule has 2 nitrogen and oxygen atoms in total. The molecule has 3 heteroatoms. The van der Waals surface area contributed by atoms with E-state index in [1.807, 2.05) is 0 Å². The van der Waals surface area contributed by atoms with Crippen LogP contribution in [-0.4, -0.2) is 12.2 Å². The molecule has 0 aliphatic rings. The Morgan fingerprint density at radius 2 is 1.81 bits per heavy atom. The molecule has 0 heterocycles. The number of phenolic OH excluding ortho intramolecular Hbond substituents is 1. The normalized spacial score (nSPS) is 10.1. The van der Waals surface area contributed by atoms with E-state index in [1.165, 1.54) is 25.3 Å². The molecular formula is C13H11FO2. The maximum Gasteiger partial charge on any atom is 0.161 e. The number of hydrogen-bond acceptors (Lipinski definition) is 2. The lowest BCUT2D eigenvalue weighted by Crippen LogP contribution is -1.85. The van der Waals surface area contributed by atoms with Crippen molar-refractivity contribution in [1.82, 2.24) is 0 Å². The molecule has 2 aromatic rings. The highest BCUT2D eigenvalue weighted by Gasteiger charge is 2.04. The fourth-order valence-corrected chi connectivity index (χ4v) is 1.53. The van der Waals surface area contributed by atoms with Gasteiger partial charge in [-0.05, 0) is 35.4 Å². The van der Waals surface area contributed by atoms with Crippen LogP contribution in [0.1, 0.15) is 0 Å². The molecule has 0 spiro atoms. The predicted octanol–water partition coefficient (Wildman–Crippen LogP) is 3.21. The van der Waals surface area contributed by atoms with E-state index in [0.717, 1.165) is 11.1 Å². The van der Waals surface area contributed by atoms with Crippen molar-refractivity contribution in [3.63, 3.8) is 0 Å². The predicted molar refractivity (Wildman–Crippen MR) is 60.1 cm³/mol. The Morgan fingerprint density at radius 3 is 2.50 bits per heavy atom. The monoisotopic (exact) mass is 218 g/mol. The summed E-state index contributed by atoms with van der Waals surface area (Å²) in [6.07, 6.45) is 0. The van der Waals surface area contributed by atoms with Crippen LogP contribution in [-0.2, 0) is 0 Å². The number of aromatic hydroxyl groups is 1. The molecule has 0 radical (unpaired) electrons. The third-order valence-corrected chi connectivity index (χ3v) is 2.34. The largest absolute Gasteiger partial charge is 0.504 e. The van der Waals surface area contributed by atoms with Gasteiger partial charge in [-0.25, -0.2) is 4.39 Å². The van der Waals surface area contributed by atoms with Gasteiger partial charge >= 0.3 is 0 Å². The summed E-state index contributed by atoms with van der Waals surface area (Å²) in [5, 5.41) is 9.44. The highest BCUT2D eigenvalue weighted by Crippen LogP contribution is 2.31. The van der Waals surface area contributed by atoms with Crippen LogP contribution in [0.15, 0.2) is 42.5 Å². The van der Waals surface area contributed by atoms with Gasteiger partial charge in [0.2, 0.25) is 0 Å². The van der Waals surface area contributed by atoms with Crippen LogP contribution in [0.3, 0.4) is 0 Å². The SMILES string of the molecule is COc1cc(-c2cccc(F)c2)ccc1O. The van der Waals surface area contributed by atoms with Crippen molar-refractivity contribution in [3.05, 3.63) is 48.3 Å². The molecule has 0 aromatic heterocycles. The quantitative estimate of drug-likeness (QED) is 0.838. The first-order chi connectivity index (χ1) is 7.70. The molecule has 16 heavy (non-hydrogen) atoms. The van der Waals surface area contributed by atoms with Crippen LogP contribution in [0, 0.1) is 5.82 Å². The summed E-state index contributed by atoms with van der Waals surface area (Å²) in [4.78, 5) is 0. The Kier molecular flexibility index (Phi) is 2.77. The summed E-state index contributed by atoms with van der Waals surface area (Å²) in [5.74, 6) is 0.161. The van der Waals surface area contributed by atoms with Crippen LogP contribution >= 0.6 is 0 Å². The second-order valence-corrected chi connectivity index (χ2v) is 3.40. The Bertz CT molecular complexity index is 509. The van der Waals surface area contributed by atoms with E-state index in [-0.39, 0.29) is 11.6 Å². The van der Waals surface area contributed by atoms with Gasteiger partial charge in [0.05, 0.1) is 7.11 Å². The molecular weight excluding hydrogens is 207 g/mol. The van der Waals surface area contributed by atoms with Gasteiger partial charge < -0.3 is 9.84 Å². The lowest BCUT2D eigenvalue weighted by Gasteiger charge is -2.06. The number of benzene rings is 2. The molecule has 2 aromatic carbocycles. The van der Waals surface area contributed by atoms with Crippen molar-refractivity contribution in [2.75, 3.05) is 7.11 Å². The summed E-state index contributed by atoms with van der Waals surface area (Å²) in [6, 6.07) is 11.2. The maximum atomic E-state index is 13.0. The molecule has 0 saturated heterocycles. The average Bonchev–Trinajstić information content (AvgIpc) is 2.29. The Balaban J connectivity index is 2.48. The van der Waals surface area contributed by atoms with E-state index < -0.39 is 0 Å². The second kappa shape index (κ2) is 4.23. The molecule has 0 aliphatic heterocycles. The minimum atomic E-state index is -0.287. The summed E-state index contributed by atoms with van der Waals surface area (Å²) < 4.78 is 18.0. The number of hydrogen-bond donors (Lipinski definition) is 1. The van der Waals surface area contributed by atoms with Gasteiger partial charge in [0, 0.05) is 0 Å². The van der Waals surface area contributed by atoms with Crippen LogP contribution in [0.2, 0.25) is 0 Å². The van der Waals surface area contributed by atoms with Crippen molar-refractivity contribution in [2.45, 2.75) is 0 Å². The van der Waals surface area contributed by atoms with Crippen LogP contribution in [0.25, 0.3) is 11.1 Å². The summed E-state index contributed by atoms with van der Waals surface area (Å²) in [7, 11) is 1.48. The van der Waals surface area contributed by atoms with Gasteiger partial charge in [0.25, 0.3) is 0 Å². The van der Waals surface area contributed by atoms with Crippen LogP contribution in [0.5, 0.6) is 11.5 Å². The number of methoxy groups -OCH3 is 1. The van der Waals surface area contributed by atoms with Crippen molar-refractivity contribution in [1.29, 1.82) is 0 Å². The number of ether oxygens (including phenoxy) is 1. The third-order valence-electron chi connectivity index (χ3n) is 2.34. The molecule has 0 bridgehead atoms.